The summed E-state index contributed by atoms with van der Waals surface area (Å²) in [5, 5.41) is 12.5. The van der Waals surface area contributed by atoms with Gasteiger partial charge < -0.3 is 9.73 Å². The second-order valence-electron chi connectivity index (χ2n) is 8.19. The largest absolute Gasteiger partial charge is 0.440 e. The van der Waals surface area contributed by atoms with E-state index in [4.69, 9.17) is 4.42 Å². The molecule has 3 aromatic heterocycles. The molecule has 1 aliphatic rings. The van der Waals surface area contributed by atoms with Crippen LogP contribution in [0.25, 0.3) is 27.8 Å². The highest BCUT2D eigenvalue weighted by molar-refractivity contribution is 7.99. The standard InChI is InChI=1S/C24H20N6O3S/c1-2-11-29-22(32)16-5-3-4-6-18(16)30-23(29)27-28-24(30)34-13-20(31)25-15-9-10-19-17(12-15)26-21(33-19)14-7-8-14/h2-6,9-10,12,14H,1,7-8,11,13H2,(H,25,31). The number of aromatic nitrogens is 5. The Kier molecular flexibility index (Phi) is 4.95. The van der Waals surface area contributed by atoms with Crippen LogP contribution in [0.15, 0.2) is 69.5 Å². The summed E-state index contributed by atoms with van der Waals surface area (Å²) < 4.78 is 9.11. The van der Waals surface area contributed by atoms with Crippen molar-refractivity contribution in [3.05, 3.63) is 71.4 Å². The Morgan fingerprint density at radius 3 is 2.91 bits per heavy atom. The number of anilines is 1. The van der Waals surface area contributed by atoms with Gasteiger partial charge in [0, 0.05) is 18.2 Å². The van der Waals surface area contributed by atoms with Crippen LogP contribution in [-0.2, 0) is 11.3 Å². The molecule has 1 amide bonds. The molecule has 0 saturated heterocycles. The highest BCUT2D eigenvalue weighted by Crippen LogP contribution is 2.40. The minimum Gasteiger partial charge on any atom is -0.440 e. The van der Waals surface area contributed by atoms with E-state index in [2.05, 4.69) is 27.1 Å². The zero-order valence-corrected chi connectivity index (χ0v) is 18.9. The summed E-state index contributed by atoms with van der Waals surface area (Å²) in [5.74, 6) is 1.55. The molecule has 170 valence electrons. The summed E-state index contributed by atoms with van der Waals surface area (Å²) in [6, 6.07) is 12.7. The van der Waals surface area contributed by atoms with Crippen molar-refractivity contribution in [2.45, 2.75) is 30.5 Å². The van der Waals surface area contributed by atoms with E-state index in [-0.39, 0.29) is 17.2 Å². The lowest BCUT2D eigenvalue weighted by atomic mass is 10.2. The first-order chi connectivity index (χ1) is 16.6. The van der Waals surface area contributed by atoms with Crippen LogP contribution in [0.3, 0.4) is 0 Å². The minimum atomic E-state index is -0.185. The first kappa shape index (κ1) is 20.7. The highest BCUT2D eigenvalue weighted by atomic mass is 32.2. The number of hydrogen-bond donors (Lipinski definition) is 1. The predicted octanol–water partition coefficient (Wildman–Crippen LogP) is 3.98. The Balaban J connectivity index is 1.25. The summed E-state index contributed by atoms with van der Waals surface area (Å²) in [6.07, 6.45) is 3.87. The van der Waals surface area contributed by atoms with Crippen LogP contribution in [0.1, 0.15) is 24.7 Å². The minimum absolute atomic E-state index is 0.125. The summed E-state index contributed by atoms with van der Waals surface area (Å²) in [6.45, 7) is 4.05. The number of carbonyl (C=O) groups excluding carboxylic acids is 1. The number of hydrogen-bond acceptors (Lipinski definition) is 7. The molecule has 0 unspecified atom stereocenters. The number of nitrogens with one attached hydrogen (secondary N) is 1. The van der Waals surface area contributed by atoms with Gasteiger partial charge in [-0.2, -0.15) is 0 Å². The van der Waals surface area contributed by atoms with Gasteiger partial charge in [-0.25, -0.2) is 4.98 Å². The number of fused-ring (bicyclic) bond motifs is 4. The normalized spacial score (nSPS) is 13.6. The van der Waals surface area contributed by atoms with Crippen LogP contribution in [0, 0.1) is 0 Å². The number of thioether (sulfide) groups is 1. The summed E-state index contributed by atoms with van der Waals surface area (Å²) in [5.41, 5.74) is 2.66. The fourth-order valence-corrected chi connectivity index (χ4v) is 4.72. The van der Waals surface area contributed by atoms with Gasteiger partial charge in [0.1, 0.15) is 5.52 Å². The van der Waals surface area contributed by atoms with Crippen molar-refractivity contribution in [3.63, 3.8) is 0 Å². The van der Waals surface area contributed by atoms with Crippen LogP contribution in [0.5, 0.6) is 0 Å². The molecule has 1 fully saturated rings. The average Bonchev–Trinajstić information content (AvgIpc) is 3.47. The zero-order chi connectivity index (χ0) is 23.2. The predicted molar refractivity (Wildman–Crippen MR) is 130 cm³/mol. The average molecular weight is 473 g/mol. The Labute approximate surface area is 197 Å². The van der Waals surface area contributed by atoms with Gasteiger partial charge in [-0.3, -0.25) is 18.6 Å². The molecule has 0 aliphatic heterocycles. The van der Waals surface area contributed by atoms with Gasteiger partial charge in [-0.15, -0.1) is 16.8 Å². The molecular formula is C24H20N6O3S. The third-order valence-electron chi connectivity index (χ3n) is 5.74. The lowest BCUT2D eigenvalue weighted by Crippen LogP contribution is -2.22. The molecule has 0 spiro atoms. The van der Waals surface area contributed by atoms with E-state index < -0.39 is 0 Å². The smallest absolute Gasteiger partial charge is 0.263 e. The number of oxazole rings is 1. The lowest BCUT2D eigenvalue weighted by molar-refractivity contribution is -0.113. The Morgan fingerprint density at radius 1 is 1.24 bits per heavy atom. The second kappa shape index (κ2) is 8.14. The second-order valence-corrected chi connectivity index (χ2v) is 9.13. The van der Waals surface area contributed by atoms with E-state index in [1.54, 1.807) is 22.6 Å². The van der Waals surface area contributed by atoms with Gasteiger partial charge in [0.2, 0.25) is 11.7 Å². The molecular weight excluding hydrogens is 452 g/mol. The fraction of sp³-hybridized carbons (Fsp3) is 0.208. The Bertz CT molecular complexity index is 1650. The third-order valence-corrected chi connectivity index (χ3v) is 6.67. The maximum Gasteiger partial charge on any atom is 0.263 e. The van der Waals surface area contributed by atoms with E-state index in [9.17, 15) is 9.59 Å². The lowest BCUT2D eigenvalue weighted by Gasteiger charge is -2.09. The van der Waals surface area contributed by atoms with Crippen LogP contribution < -0.4 is 10.9 Å². The highest BCUT2D eigenvalue weighted by Gasteiger charge is 2.29. The van der Waals surface area contributed by atoms with Crippen LogP contribution in [0.2, 0.25) is 0 Å². The van der Waals surface area contributed by atoms with Gasteiger partial charge in [0.15, 0.2) is 16.6 Å². The molecule has 9 nitrogen and oxygen atoms in total. The molecule has 5 aromatic rings. The number of benzene rings is 2. The summed E-state index contributed by atoms with van der Waals surface area (Å²) in [7, 11) is 0. The Hall–Kier alpha value is -3.92. The quantitative estimate of drug-likeness (QED) is 0.282. The fourth-order valence-electron chi connectivity index (χ4n) is 3.98. The molecule has 1 aliphatic carbocycles. The van der Waals surface area contributed by atoms with Crippen LogP contribution in [-0.4, -0.2) is 35.8 Å². The number of para-hydroxylation sites is 1. The maximum atomic E-state index is 12.9. The van der Waals surface area contributed by atoms with Gasteiger partial charge >= 0.3 is 0 Å². The zero-order valence-electron chi connectivity index (χ0n) is 18.1. The van der Waals surface area contributed by atoms with Crippen molar-refractivity contribution in [2.75, 3.05) is 11.1 Å². The van der Waals surface area contributed by atoms with Crippen LogP contribution in [0.4, 0.5) is 5.69 Å². The molecule has 0 bridgehead atoms. The molecule has 34 heavy (non-hydrogen) atoms. The molecule has 0 radical (unpaired) electrons. The molecule has 2 aromatic carbocycles. The molecule has 1 N–H and O–H groups in total. The first-order valence-corrected chi connectivity index (χ1v) is 11.9. The van der Waals surface area contributed by atoms with Gasteiger partial charge in [0.05, 0.1) is 16.7 Å². The first-order valence-electron chi connectivity index (χ1n) is 10.9. The van der Waals surface area contributed by atoms with Crippen molar-refractivity contribution in [1.29, 1.82) is 0 Å². The molecule has 1 saturated carbocycles. The van der Waals surface area contributed by atoms with E-state index in [0.717, 1.165) is 29.8 Å². The third kappa shape index (κ3) is 3.56. The number of allylic oxidation sites excluding steroid dienone is 1. The molecule has 6 rings (SSSR count). The molecule has 0 atom stereocenters. The van der Waals surface area contributed by atoms with Gasteiger partial charge in [-0.1, -0.05) is 30.0 Å². The van der Waals surface area contributed by atoms with Crippen molar-refractivity contribution >= 4 is 51.1 Å². The van der Waals surface area contributed by atoms with Crippen LogP contribution >= 0.6 is 11.8 Å². The van der Waals surface area contributed by atoms with Crippen molar-refractivity contribution in [3.8, 4) is 0 Å². The number of rotatable bonds is 7. The van der Waals surface area contributed by atoms with Gasteiger partial charge in [0.25, 0.3) is 5.56 Å². The van der Waals surface area contributed by atoms with Gasteiger partial charge in [-0.05, 0) is 43.2 Å². The SMILES string of the molecule is C=CCn1c(=O)c2ccccc2n2c(SCC(=O)Nc3ccc4oc(C5CC5)nc4c3)nnc12. The Morgan fingerprint density at radius 2 is 2.09 bits per heavy atom. The maximum absolute atomic E-state index is 12.9. The van der Waals surface area contributed by atoms with E-state index in [0.29, 0.717) is 40.0 Å². The number of amides is 1. The summed E-state index contributed by atoms with van der Waals surface area (Å²) in [4.78, 5) is 30.1. The monoisotopic (exact) mass is 472 g/mol. The summed E-state index contributed by atoms with van der Waals surface area (Å²) >= 11 is 1.25. The number of nitrogens with zero attached hydrogens (tertiary/aromatic N) is 5. The van der Waals surface area contributed by atoms with Crippen molar-refractivity contribution in [2.24, 2.45) is 0 Å². The topological polar surface area (TPSA) is 107 Å². The molecule has 10 heteroatoms. The number of carbonyl (C=O) groups is 1. The van der Waals surface area contributed by atoms with Crippen molar-refractivity contribution in [1.82, 2.24) is 24.1 Å². The molecule has 3 heterocycles. The van der Waals surface area contributed by atoms with E-state index >= 15 is 0 Å². The van der Waals surface area contributed by atoms with E-state index in [1.807, 2.05) is 30.3 Å². The van der Waals surface area contributed by atoms with Crippen molar-refractivity contribution < 1.29 is 9.21 Å². The van der Waals surface area contributed by atoms with E-state index in [1.165, 1.54) is 16.3 Å².